The molecule has 0 radical (unpaired) electrons. The number of methoxy groups -OCH3 is 1. The second-order valence-electron chi connectivity index (χ2n) is 7.68. The first-order valence-corrected chi connectivity index (χ1v) is 9.60. The van der Waals surface area contributed by atoms with Gasteiger partial charge in [0, 0.05) is 56.1 Å². The van der Waals surface area contributed by atoms with Crippen molar-refractivity contribution in [2.24, 2.45) is 5.92 Å². The molecule has 1 saturated heterocycles. The molecule has 27 heavy (non-hydrogen) atoms. The number of pyridine rings is 1. The first-order chi connectivity index (χ1) is 13.1. The van der Waals surface area contributed by atoms with Crippen LogP contribution in [-0.2, 0) is 6.54 Å². The van der Waals surface area contributed by atoms with E-state index in [4.69, 9.17) is 4.74 Å². The van der Waals surface area contributed by atoms with Gasteiger partial charge in [-0.05, 0) is 42.7 Å². The summed E-state index contributed by atoms with van der Waals surface area (Å²) in [4.78, 5) is 14.5. The van der Waals surface area contributed by atoms with E-state index in [-0.39, 0.29) is 5.56 Å². The molecule has 2 aromatic rings. The van der Waals surface area contributed by atoms with E-state index in [0.717, 1.165) is 43.2 Å². The number of anilines is 1. The monoisotopic (exact) mass is 369 g/mol. The summed E-state index contributed by atoms with van der Waals surface area (Å²) in [6, 6.07) is 13.3. The molecule has 2 aliphatic rings. The van der Waals surface area contributed by atoms with Gasteiger partial charge in [-0.25, -0.2) is 0 Å². The first-order valence-electron chi connectivity index (χ1n) is 9.60. The SMILES string of the molecule is COc1ccc(NC[C@@H](O)CN2C[C@H]3C[C@@H](C2)c2cccc(=O)n2C3)cc1. The third kappa shape index (κ3) is 4.01. The molecule has 1 aromatic heterocycles. The minimum atomic E-state index is -0.441. The van der Waals surface area contributed by atoms with Crippen LogP contribution in [-0.4, -0.2) is 54.0 Å². The number of aliphatic hydroxyl groups excluding tert-OH is 1. The van der Waals surface area contributed by atoms with Crippen LogP contribution >= 0.6 is 0 Å². The van der Waals surface area contributed by atoms with Crippen LogP contribution in [0.15, 0.2) is 47.3 Å². The molecule has 2 N–H and O–H groups in total. The Bertz CT molecular complexity index is 833. The molecule has 0 saturated carbocycles. The number of benzene rings is 1. The minimum absolute atomic E-state index is 0.111. The van der Waals surface area contributed by atoms with E-state index in [1.54, 1.807) is 13.2 Å². The number of hydrogen-bond donors (Lipinski definition) is 2. The molecule has 2 aliphatic heterocycles. The average Bonchev–Trinajstić information content (AvgIpc) is 2.67. The van der Waals surface area contributed by atoms with Gasteiger partial charge in [0.25, 0.3) is 5.56 Å². The molecule has 1 fully saturated rings. The Hall–Kier alpha value is -2.31. The van der Waals surface area contributed by atoms with Crippen molar-refractivity contribution in [1.29, 1.82) is 0 Å². The van der Waals surface area contributed by atoms with Gasteiger partial charge in [-0.3, -0.25) is 9.69 Å². The number of nitrogens with one attached hydrogen (secondary N) is 1. The van der Waals surface area contributed by atoms with Crippen molar-refractivity contribution in [3.8, 4) is 5.75 Å². The highest BCUT2D eigenvalue weighted by Gasteiger charge is 2.34. The van der Waals surface area contributed by atoms with Gasteiger partial charge in [0.1, 0.15) is 5.75 Å². The van der Waals surface area contributed by atoms with Crippen molar-refractivity contribution in [1.82, 2.24) is 9.47 Å². The molecule has 0 unspecified atom stereocenters. The van der Waals surface area contributed by atoms with Crippen molar-refractivity contribution in [3.63, 3.8) is 0 Å². The normalized spacial score (nSPS) is 22.7. The standard InChI is InChI=1S/C21H27N3O3/c1-27-19-7-5-17(6-8-19)22-10-18(25)14-23-11-15-9-16(13-23)20-3-2-4-21(26)24(20)12-15/h2-8,15-16,18,22,25H,9-14H2,1H3/t15-,16+,18-/m1/s1. The van der Waals surface area contributed by atoms with E-state index in [2.05, 4.69) is 16.3 Å². The van der Waals surface area contributed by atoms with E-state index >= 15 is 0 Å². The van der Waals surface area contributed by atoms with E-state index in [9.17, 15) is 9.90 Å². The zero-order valence-corrected chi connectivity index (χ0v) is 15.7. The predicted molar refractivity (Wildman–Crippen MR) is 105 cm³/mol. The molecule has 1 aromatic carbocycles. The van der Waals surface area contributed by atoms with Gasteiger partial charge in [-0.2, -0.15) is 0 Å². The number of aliphatic hydroxyl groups is 1. The van der Waals surface area contributed by atoms with Gasteiger partial charge in [0.15, 0.2) is 0 Å². The molecule has 0 amide bonds. The number of β-amino-alcohol motifs (C(OH)–C–C–N with tert-alkyl or cyclic N) is 1. The number of aromatic nitrogens is 1. The number of nitrogens with zero attached hydrogens (tertiary/aromatic N) is 2. The number of rotatable bonds is 6. The van der Waals surface area contributed by atoms with Crippen LogP contribution in [0.5, 0.6) is 5.75 Å². The van der Waals surface area contributed by atoms with Crippen LogP contribution in [0.1, 0.15) is 18.0 Å². The molecule has 4 rings (SSSR count). The van der Waals surface area contributed by atoms with Gasteiger partial charge in [-0.1, -0.05) is 6.07 Å². The molecular weight excluding hydrogens is 342 g/mol. The number of piperidine rings is 1. The highest BCUT2D eigenvalue weighted by molar-refractivity contribution is 5.46. The van der Waals surface area contributed by atoms with Crippen LogP contribution in [0.3, 0.4) is 0 Å². The summed E-state index contributed by atoms with van der Waals surface area (Å²) in [5.74, 6) is 1.69. The molecule has 2 bridgehead atoms. The lowest BCUT2D eigenvalue weighted by atomic mass is 9.83. The summed E-state index contributed by atoms with van der Waals surface area (Å²) >= 11 is 0. The smallest absolute Gasteiger partial charge is 0.250 e. The largest absolute Gasteiger partial charge is 0.497 e. The third-order valence-corrected chi connectivity index (χ3v) is 5.66. The fraction of sp³-hybridized carbons (Fsp3) is 0.476. The highest BCUT2D eigenvalue weighted by atomic mass is 16.5. The maximum atomic E-state index is 12.1. The lowest BCUT2D eigenvalue weighted by molar-refractivity contribution is 0.0676. The van der Waals surface area contributed by atoms with Crippen LogP contribution in [0.25, 0.3) is 0 Å². The Balaban J connectivity index is 1.33. The summed E-state index contributed by atoms with van der Waals surface area (Å²) in [7, 11) is 1.65. The molecule has 0 spiro atoms. The molecular formula is C21H27N3O3. The van der Waals surface area contributed by atoms with Crippen LogP contribution in [0.4, 0.5) is 5.69 Å². The summed E-state index contributed by atoms with van der Waals surface area (Å²) in [6.45, 7) is 3.79. The van der Waals surface area contributed by atoms with E-state index in [1.165, 1.54) is 0 Å². The lowest BCUT2D eigenvalue weighted by Crippen LogP contribution is -2.49. The van der Waals surface area contributed by atoms with Gasteiger partial charge in [0.05, 0.1) is 13.2 Å². The van der Waals surface area contributed by atoms with Gasteiger partial charge in [-0.15, -0.1) is 0 Å². The first kappa shape index (κ1) is 18.1. The number of likely N-dealkylation sites (tertiary alicyclic amines) is 1. The molecule has 6 heteroatoms. The Labute approximate surface area is 159 Å². The van der Waals surface area contributed by atoms with Crippen LogP contribution < -0.4 is 15.6 Å². The van der Waals surface area contributed by atoms with Crippen molar-refractivity contribution in [2.45, 2.75) is 25.0 Å². The third-order valence-electron chi connectivity index (χ3n) is 5.66. The maximum absolute atomic E-state index is 12.1. The highest BCUT2D eigenvalue weighted by Crippen LogP contribution is 2.34. The van der Waals surface area contributed by atoms with Crippen molar-refractivity contribution in [3.05, 3.63) is 58.5 Å². The maximum Gasteiger partial charge on any atom is 0.250 e. The van der Waals surface area contributed by atoms with Gasteiger partial charge in [0.2, 0.25) is 0 Å². The number of ether oxygens (including phenoxy) is 1. The number of hydrogen-bond acceptors (Lipinski definition) is 5. The summed E-state index contributed by atoms with van der Waals surface area (Å²) in [5, 5.41) is 13.8. The molecule has 0 aliphatic carbocycles. The zero-order valence-electron chi connectivity index (χ0n) is 15.7. The molecule has 3 atom stereocenters. The lowest BCUT2D eigenvalue weighted by Gasteiger charge is -2.43. The summed E-state index contributed by atoms with van der Waals surface area (Å²) in [6.07, 6.45) is 0.698. The molecule has 3 heterocycles. The van der Waals surface area contributed by atoms with E-state index < -0.39 is 6.10 Å². The van der Waals surface area contributed by atoms with Crippen LogP contribution in [0.2, 0.25) is 0 Å². The molecule has 144 valence electrons. The fourth-order valence-electron chi connectivity index (χ4n) is 4.45. The minimum Gasteiger partial charge on any atom is -0.497 e. The number of fused-ring (bicyclic) bond motifs is 4. The van der Waals surface area contributed by atoms with Crippen molar-refractivity contribution >= 4 is 5.69 Å². The second-order valence-corrected chi connectivity index (χ2v) is 7.68. The Kier molecular flexibility index (Phi) is 5.18. The van der Waals surface area contributed by atoms with Gasteiger partial charge < -0.3 is 19.7 Å². The zero-order chi connectivity index (χ0) is 18.8. The quantitative estimate of drug-likeness (QED) is 0.812. The van der Waals surface area contributed by atoms with Gasteiger partial charge >= 0.3 is 0 Å². The Morgan fingerprint density at radius 3 is 2.78 bits per heavy atom. The predicted octanol–water partition coefficient (Wildman–Crippen LogP) is 1.75. The van der Waals surface area contributed by atoms with Crippen LogP contribution in [0, 0.1) is 5.92 Å². The Morgan fingerprint density at radius 1 is 1.19 bits per heavy atom. The topological polar surface area (TPSA) is 66.7 Å². The summed E-state index contributed by atoms with van der Waals surface area (Å²) in [5.41, 5.74) is 2.23. The van der Waals surface area contributed by atoms with E-state index in [0.29, 0.717) is 24.9 Å². The van der Waals surface area contributed by atoms with Crippen molar-refractivity contribution < 1.29 is 9.84 Å². The average molecular weight is 369 g/mol. The molecule has 6 nitrogen and oxygen atoms in total. The van der Waals surface area contributed by atoms with E-state index in [1.807, 2.05) is 34.9 Å². The summed E-state index contributed by atoms with van der Waals surface area (Å²) < 4.78 is 7.10. The second kappa shape index (κ2) is 7.74. The fourth-order valence-corrected chi connectivity index (χ4v) is 4.45. The van der Waals surface area contributed by atoms with Crippen molar-refractivity contribution in [2.75, 3.05) is 38.6 Å². The Morgan fingerprint density at radius 2 is 2.00 bits per heavy atom.